The van der Waals surface area contributed by atoms with Gasteiger partial charge in [-0.1, -0.05) is 0 Å². The summed E-state index contributed by atoms with van der Waals surface area (Å²) >= 11 is 0. The van der Waals surface area contributed by atoms with Crippen LogP contribution in [0.3, 0.4) is 0 Å². The van der Waals surface area contributed by atoms with Crippen LogP contribution >= 0.6 is 0 Å². The number of carbonyl (C=O) groups excluding carboxylic acids is 4. The molecule has 0 aromatic rings. The second-order valence-corrected chi connectivity index (χ2v) is 19.1. The van der Waals surface area contributed by atoms with Gasteiger partial charge in [-0.25, -0.2) is 0 Å². The average Bonchev–Trinajstić information content (AvgIpc) is 3.43. The van der Waals surface area contributed by atoms with Crippen LogP contribution in [0.4, 0.5) is 0 Å². The zero-order valence-electron chi connectivity index (χ0n) is 46.4. The lowest BCUT2D eigenvalue weighted by Gasteiger charge is -2.45. The third-order valence-corrected chi connectivity index (χ3v) is 13.6. The Morgan fingerprint density at radius 2 is 0.450 bits per heavy atom. The van der Waals surface area contributed by atoms with Crippen LogP contribution in [0.2, 0.25) is 0 Å². The Labute approximate surface area is 463 Å². The summed E-state index contributed by atoms with van der Waals surface area (Å²) in [5.41, 5.74) is 0. The lowest BCUT2D eigenvalue weighted by molar-refractivity contribution is -0.272. The monoisotopic (exact) mass is 1160 g/mol. The molecular weight excluding hydrogens is 1080 g/mol. The maximum absolute atomic E-state index is 14.0. The molecule has 0 unspecified atom stereocenters. The zero-order chi connectivity index (χ0) is 58.1. The SMILES string of the molecule is COCO[C@@H]1[C@@H](O)[C@H](OCOC)[C@H]2CNC(=O)C[C@H]3O[C@H](CNC(=O)C[C@H]4O[C@H](CNC(=O)C[C@H]5O[C@H](CNC(=O)C[C@H]1O2)[C@@H](OCOC)[C@H](O)[C@H]5OCOC)[C@@H](OCOC)[C@H](O)[C@H]4OCOC)[C@@H](OCOC)[C@H](O)[C@H]3OCOC. The van der Waals surface area contributed by atoms with Crippen molar-refractivity contribution in [3.63, 3.8) is 0 Å². The van der Waals surface area contributed by atoms with E-state index in [2.05, 4.69) is 21.3 Å². The fraction of sp³-hybridized carbons (Fsp3) is 0.917. The van der Waals surface area contributed by atoms with E-state index in [1.807, 2.05) is 0 Å². The quantitative estimate of drug-likeness (QED) is 0.0418. The molecule has 0 aromatic carbocycles. The summed E-state index contributed by atoms with van der Waals surface area (Å²) in [7, 11) is 10.9. The average molecular weight is 1170 g/mol. The van der Waals surface area contributed by atoms with Gasteiger partial charge in [0.15, 0.2) is 0 Å². The van der Waals surface area contributed by atoms with Gasteiger partial charge >= 0.3 is 0 Å². The first kappa shape index (κ1) is 67.7. The van der Waals surface area contributed by atoms with E-state index in [9.17, 15) is 39.6 Å². The minimum atomic E-state index is -1.50. The Balaban J connectivity index is 1.52. The number of fused-ring (bicyclic) bond motifs is 8. The van der Waals surface area contributed by atoms with E-state index >= 15 is 0 Å². The van der Waals surface area contributed by atoms with Gasteiger partial charge in [0.1, 0.15) is 152 Å². The van der Waals surface area contributed by atoms with Gasteiger partial charge in [-0.05, 0) is 0 Å². The van der Waals surface area contributed by atoms with Crippen LogP contribution in [0.1, 0.15) is 25.7 Å². The van der Waals surface area contributed by atoms with Crippen LogP contribution in [0.25, 0.3) is 0 Å². The fourth-order valence-electron chi connectivity index (χ4n) is 10.0. The number of methoxy groups -OCH3 is 8. The number of aliphatic hydroxyl groups excluding tert-OH is 4. The molecule has 0 aliphatic carbocycles. The van der Waals surface area contributed by atoms with E-state index < -0.39 is 171 Å². The van der Waals surface area contributed by atoms with Crippen molar-refractivity contribution in [2.75, 3.05) is 137 Å². The Kier molecular flexibility index (Phi) is 30.4. The second kappa shape index (κ2) is 35.9. The normalized spacial score (nSPS) is 37.4. The molecule has 5 fully saturated rings. The van der Waals surface area contributed by atoms with Gasteiger partial charge in [-0.15, -0.1) is 0 Å². The molecular formula is C48H84N4O28. The molecule has 0 radical (unpaired) electrons. The van der Waals surface area contributed by atoms with Crippen LogP contribution in [0, 0.1) is 0 Å². The molecule has 0 spiro atoms. The Bertz CT molecular complexity index is 1560. The molecule has 0 aromatic heterocycles. The van der Waals surface area contributed by atoms with Crippen molar-refractivity contribution in [2.24, 2.45) is 0 Å². The van der Waals surface area contributed by atoms with Gasteiger partial charge in [0, 0.05) is 83.1 Å². The first-order valence-corrected chi connectivity index (χ1v) is 25.9. The third kappa shape index (κ3) is 19.5. The van der Waals surface area contributed by atoms with Crippen molar-refractivity contribution >= 4 is 23.6 Å². The number of nitrogens with one attached hydrogen (secondary N) is 4. The van der Waals surface area contributed by atoms with Gasteiger partial charge in [0.05, 0.1) is 50.1 Å². The molecule has 8 N–H and O–H groups in total. The molecule has 5 heterocycles. The molecule has 5 aliphatic heterocycles. The molecule has 20 atom stereocenters. The molecule has 0 saturated carbocycles. The predicted octanol–water partition coefficient (Wildman–Crippen LogP) is -5.55. The van der Waals surface area contributed by atoms with Crippen LogP contribution in [-0.2, 0) is 114 Å². The standard InChI is InChI=1S/C48H84N4O28/c1-61-17-69-41-25-9-33(53)49-14-30-46(74-22-66-6)38(58)43(71-19-63-3)27(78-30)11-35(55)51-16-32-48(76-24-68-8)40(60)44(72-20-64-4)28(80-32)12-36(56)52-15-31-47(75-23-67-7)39(59)42(70-18-62-2)26(79-31)10-34(54)50-13-29(77-25)45(37(41)57)73-21-65-5/h25-32,37-48,57-60H,9-24H2,1-8H3,(H,49,53)(H,50,54)(H,51,55)(H,52,56)/t25-,26-,27-,28-,29-,30-,31-,32-,37-,38-,39-,40-,41+,42+,43+,44+,45-,46-,47-,48-/m1/s1. The molecule has 5 saturated heterocycles. The van der Waals surface area contributed by atoms with E-state index in [1.165, 1.54) is 56.9 Å². The predicted molar refractivity (Wildman–Crippen MR) is 263 cm³/mol. The van der Waals surface area contributed by atoms with Gasteiger partial charge in [0.2, 0.25) is 23.6 Å². The second-order valence-electron chi connectivity index (χ2n) is 19.1. The van der Waals surface area contributed by atoms with Crippen molar-refractivity contribution in [1.29, 1.82) is 0 Å². The summed E-state index contributed by atoms with van der Waals surface area (Å²) < 4.78 is 114. The van der Waals surface area contributed by atoms with Gasteiger partial charge in [-0.3, -0.25) is 19.2 Å². The summed E-state index contributed by atoms with van der Waals surface area (Å²) in [4.78, 5) is 56.1. The maximum atomic E-state index is 14.0. The topological polar surface area (TPSA) is 382 Å². The summed E-state index contributed by atoms with van der Waals surface area (Å²) in [6, 6.07) is 0. The summed E-state index contributed by atoms with van der Waals surface area (Å²) in [5.74, 6) is -2.62. The molecule has 32 heteroatoms. The van der Waals surface area contributed by atoms with E-state index in [-0.39, 0.29) is 80.5 Å². The lowest BCUT2D eigenvalue weighted by Crippen LogP contribution is -2.64. The minimum absolute atomic E-state index is 0.321. The number of ether oxygens (including phenoxy) is 20. The molecule has 4 amide bonds. The largest absolute Gasteiger partial charge is 0.387 e. The fourth-order valence-corrected chi connectivity index (χ4v) is 10.0. The zero-order valence-corrected chi connectivity index (χ0v) is 46.4. The van der Waals surface area contributed by atoms with Crippen molar-refractivity contribution in [3.05, 3.63) is 0 Å². The molecule has 5 rings (SSSR count). The van der Waals surface area contributed by atoms with Crippen LogP contribution in [-0.4, -0.2) is 304 Å². The summed E-state index contributed by atoms with van der Waals surface area (Å²) in [6.45, 7) is -3.91. The number of carbonyl (C=O) groups is 4. The number of amides is 4. The molecule has 8 bridgehead atoms. The van der Waals surface area contributed by atoms with Crippen molar-refractivity contribution in [1.82, 2.24) is 21.3 Å². The van der Waals surface area contributed by atoms with Crippen LogP contribution in [0.15, 0.2) is 0 Å². The van der Waals surface area contributed by atoms with E-state index in [4.69, 9.17) is 94.7 Å². The van der Waals surface area contributed by atoms with Crippen molar-refractivity contribution in [2.45, 2.75) is 148 Å². The molecule has 80 heavy (non-hydrogen) atoms. The van der Waals surface area contributed by atoms with Crippen molar-refractivity contribution in [3.8, 4) is 0 Å². The molecule has 5 aliphatic rings. The van der Waals surface area contributed by atoms with E-state index in [0.29, 0.717) is 0 Å². The Hall–Kier alpha value is -3.08. The van der Waals surface area contributed by atoms with Gasteiger partial charge in [0.25, 0.3) is 0 Å². The van der Waals surface area contributed by atoms with E-state index in [0.717, 1.165) is 0 Å². The lowest BCUT2D eigenvalue weighted by atomic mass is 9.91. The highest BCUT2D eigenvalue weighted by molar-refractivity contribution is 5.78. The maximum Gasteiger partial charge on any atom is 0.222 e. The summed E-state index contributed by atoms with van der Waals surface area (Å²) in [6.07, 6.45) is -27.1. The first-order valence-electron chi connectivity index (χ1n) is 25.9. The highest BCUT2D eigenvalue weighted by Gasteiger charge is 2.52. The number of rotatable bonds is 24. The summed E-state index contributed by atoms with van der Waals surface area (Å²) in [5, 5.41) is 58.4. The third-order valence-electron chi connectivity index (χ3n) is 13.6. The van der Waals surface area contributed by atoms with Crippen LogP contribution < -0.4 is 21.3 Å². The minimum Gasteiger partial charge on any atom is -0.387 e. The highest BCUT2D eigenvalue weighted by Crippen LogP contribution is 2.33. The van der Waals surface area contributed by atoms with E-state index in [1.54, 1.807) is 0 Å². The Morgan fingerprint density at radius 1 is 0.300 bits per heavy atom. The smallest absolute Gasteiger partial charge is 0.222 e. The van der Waals surface area contributed by atoms with Gasteiger partial charge < -0.3 is 136 Å². The highest BCUT2D eigenvalue weighted by atomic mass is 16.7. The van der Waals surface area contributed by atoms with Crippen molar-refractivity contribution < 1.29 is 134 Å². The Morgan fingerprint density at radius 3 is 0.600 bits per heavy atom. The number of hydrogen-bond acceptors (Lipinski definition) is 28. The van der Waals surface area contributed by atoms with Gasteiger partial charge in [-0.2, -0.15) is 0 Å². The number of aliphatic hydroxyl groups is 4. The molecule has 464 valence electrons. The first-order chi connectivity index (χ1) is 38.7. The van der Waals surface area contributed by atoms with Crippen LogP contribution in [0.5, 0.6) is 0 Å². The number of hydrogen-bond donors (Lipinski definition) is 8. The molecule has 32 nitrogen and oxygen atoms in total.